The van der Waals surface area contributed by atoms with Gasteiger partial charge in [-0.15, -0.1) is 5.06 Å². The Balaban J connectivity index is 1.39. The molecular formula is C30H32N2O6. The Bertz CT molecular complexity index is 1240. The van der Waals surface area contributed by atoms with Crippen LogP contribution in [0.2, 0.25) is 0 Å². The molecule has 0 saturated carbocycles. The number of hydrogen-bond acceptors (Lipinski definition) is 7. The Kier molecular flexibility index (Phi) is 8.63. The lowest BCUT2D eigenvalue weighted by Gasteiger charge is -2.21. The minimum Gasteiger partial charge on any atom is -0.497 e. The van der Waals surface area contributed by atoms with Crippen LogP contribution >= 0.6 is 0 Å². The third kappa shape index (κ3) is 6.51. The van der Waals surface area contributed by atoms with Crippen LogP contribution in [0.4, 0.5) is 5.69 Å². The number of amides is 2. The fourth-order valence-corrected chi connectivity index (χ4v) is 4.31. The zero-order valence-electron chi connectivity index (χ0n) is 21.9. The Morgan fingerprint density at radius 2 is 1.32 bits per heavy atom. The molecule has 4 rings (SSSR count). The maximum atomic E-state index is 12.0. The molecule has 0 bridgehead atoms. The average Bonchev–Trinajstić information content (AvgIpc) is 3.25. The normalized spacial score (nSPS) is 13.8. The summed E-state index contributed by atoms with van der Waals surface area (Å²) in [6.07, 6.45) is 0.582. The van der Waals surface area contributed by atoms with Gasteiger partial charge in [0, 0.05) is 38.5 Å². The van der Waals surface area contributed by atoms with Gasteiger partial charge in [-0.3, -0.25) is 9.59 Å². The molecule has 1 atom stereocenters. The predicted molar refractivity (Wildman–Crippen MR) is 143 cm³/mol. The Morgan fingerprint density at radius 3 is 1.82 bits per heavy atom. The number of benzene rings is 3. The molecular weight excluding hydrogens is 484 g/mol. The van der Waals surface area contributed by atoms with Gasteiger partial charge < -0.3 is 19.2 Å². The molecule has 1 unspecified atom stereocenters. The summed E-state index contributed by atoms with van der Waals surface area (Å²) in [5.41, 5.74) is 4.56. The van der Waals surface area contributed by atoms with Crippen LogP contribution in [0.15, 0.2) is 72.8 Å². The van der Waals surface area contributed by atoms with Gasteiger partial charge >= 0.3 is 5.97 Å². The van der Waals surface area contributed by atoms with Gasteiger partial charge in [-0.1, -0.05) is 36.4 Å². The van der Waals surface area contributed by atoms with Crippen molar-refractivity contribution < 1.29 is 28.7 Å². The van der Waals surface area contributed by atoms with Crippen LogP contribution in [0.1, 0.15) is 48.3 Å². The molecule has 1 aliphatic heterocycles. The first-order valence-electron chi connectivity index (χ1n) is 12.6. The number of nitrogens with zero attached hydrogens (tertiary/aromatic N) is 2. The van der Waals surface area contributed by atoms with Crippen molar-refractivity contribution in [3.8, 4) is 11.5 Å². The van der Waals surface area contributed by atoms with Crippen LogP contribution < -0.4 is 14.4 Å². The number of hydroxylamine groups is 2. The molecule has 1 saturated heterocycles. The molecule has 1 fully saturated rings. The van der Waals surface area contributed by atoms with E-state index in [1.165, 1.54) is 5.56 Å². The van der Waals surface area contributed by atoms with Gasteiger partial charge in [-0.25, -0.2) is 4.79 Å². The number of carbonyl (C=O) groups excluding carboxylic acids is 3. The molecule has 3 aromatic rings. The van der Waals surface area contributed by atoms with Crippen molar-refractivity contribution in [1.82, 2.24) is 5.06 Å². The van der Waals surface area contributed by atoms with Gasteiger partial charge in [0.15, 0.2) is 0 Å². The molecule has 1 heterocycles. The van der Waals surface area contributed by atoms with Gasteiger partial charge in [0.25, 0.3) is 11.8 Å². The van der Waals surface area contributed by atoms with E-state index >= 15 is 0 Å². The zero-order chi connectivity index (χ0) is 27.1. The van der Waals surface area contributed by atoms with E-state index in [-0.39, 0.29) is 25.2 Å². The number of anilines is 1. The number of methoxy groups -OCH3 is 1. The van der Waals surface area contributed by atoms with Gasteiger partial charge in [-0.05, 0) is 59.5 Å². The summed E-state index contributed by atoms with van der Waals surface area (Å²) < 4.78 is 11.1. The maximum Gasteiger partial charge on any atom is 0.333 e. The molecule has 3 aromatic carbocycles. The third-order valence-corrected chi connectivity index (χ3v) is 6.40. The van der Waals surface area contributed by atoms with E-state index < -0.39 is 17.8 Å². The lowest BCUT2D eigenvalue weighted by molar-refractivity contribution is -0.197. The molecule has 1 aliphatic rings. The van der Waals surface area contributed by atoms with Gasteiger partial charge in [0.1, 0.15) is 11.5 Å². The van der Waals surface area contributed by atoms with Gasteiger partial charge in [-0.2, -0.15) is 0 Å². The van der Waals surface area contributed by atoms with Gasteiger partial charge in [0.05, 0.1) is 20.1 Å². The largest absolute Gasteiger partial charge is 0.497 e. The quantitative estimate of drug-likeness (QED) is 0.207. The van der Waals surface area contributed by atoms with E-state index in [0.29, 0.717) is 23.8 Å². The van der Waals surface area contributed by atoms with Crippen molar-refractivity contribution in [3.05, 3.63) is 89.5 Å². The van der Waals surface area contributed by atoms with Crippen LogP contribution in [0, 0.1) is 0 Å². The highest BCUT2D eigenvalue weighted by Gasteiger charge is 2.32. The SMILES string of the molecule is COc1ccc(C(c2ccc(OCCCC(=O)ON3C(=O)CCC3=O)cc2)c2ccc(N(C)C)cc2)cc1. The van der Waals surface area contributed by atoms with Crippen molar-refractivity contribution in [2.24, 2.45) is 0 Å². The van der Waals surface area contributed by atoms with Crippen LogP contribution in [0.3, 0.4) is 0 Å². The minimum absolute atomic E-state index is 0.0250. The van der Waals surface area contributed by atoms with E-state index in [1.54, 1.807) is 7.11 Å². The topological polar surface area (TPSA) is 85.4 Å². The van der Waals surface area contributed by atoms with E-state index in [0.717, 1.165) is 22.6 Å². The van der Waals surface area contributed by atoms with Crippen LogP contribution in [-0.2, 0) is 19.2 Å². The van der Waals surface area contributed by atoms with E-state index in [1.807, 2.05) is 50.5 Å². The monoisotopic (exact) mass is 516 g/mol. The van der Waals surface area contributed by atoms with Crippen LogP contribution in [0.25, 0.3) is 0 Å². The van der Waals surface area contributed by atoms with E-state index in [2.05, 4.69) is 41.3 Å². The molecule has 2 amide bonds. The molecule has 0 spiro atoms. The fourth-order valence-electron chi connectivity index (χ4n) is 4.31. The standard InChI is InChI=1S/C30H32N2O6/c1-31(2)24-12-6-21(7-13-24)30(22-8-14-25(36-3)15-9-22)23-10-16-26(17-11-23)37-20-4-5-29(35)38-32-27(33)18-19-28(32)34/h6-17,30H,4-5,18-20H2,1-3H3. The Morgan fingerprint density at radius 1 is 0.816 bits per heavy atom. The van der Waals surface area contributed by atoms with E-state index in [4.69, 9.17) is 14.3 Å². The number of imide groups is 1. The summed E-state index contributed by atoms with van der Waals surface area (Å²) in [5, 5.41) is 0.565. The average molecular weight is 517 g/mol. The smallest absolute Gasteiger partial charge is 0.333 e. The summed E-state index contributed by atoms with van der Waals surface area (Å²) in [4.78, 5) is 42.0. The summed E-state index contributed by atoms with van der Waals surface area (Å²) in [6.45, 7) is 0.296. The highest BCUT2D eigenvalue weighted by atomic mass is 16.7. The molecule has 8 heteroatoms. The lowest BCUT2D eigenvalue weighted by atomic mass is 9.85. The Labute approximate surface area is 222 Å². The van der Waals surface area contributed by atoms with Crippen molar-refractivity contribution >= 4 is 23.5 Å². The van der Waals surface area contributed by atoms with Crippen molar-refractivity contribution in [1.29, 1.82) is 0 Å². The second-order valence-electron chi connectivity index (χ2n) is 9.26. The number of ether oxygens (including phenoxy) is 2. The first-order valence-corrected chi connectivity index (χ1v) is 12.6. The second-order valence-corrected chi connectivity index (χ2v) is 9.26. The molecule has 0 aromatic heterocycles. The van der Waals surface area contributed by atoms with E-state index in [9.17, 15) is 14.4 Å². The molecule has 0 radical (unpaired) electrons. The van der Waals surface area contributed by atoms with Crippen LogP contribution in [-0.4, -0.2) is 50.7 Å². The zero-order valence-corrected chi connectivity index (χ0v) is 21.9. The highest BCUT2D eigenvalue weighted by Crippen LogP contribution is 2.34. The number of rotatable bonds is 11. The van der Waals surface area contributed by atoms with Crippen molar-refractivity contribution in [2.75, 3.05) is 32.7 Å². The Hall–Kier alpha value is -4.33. The molecule has 0 aliphatic carbocycles. The summed E-state index contributed by atoms with van der Waals surface area (Å²) in [7, 11) is 5.70. The molecule has 0 N–H and O–H groups in total. The minimum atomic E-state index is -0.629. The number of hydrogen-bond donors (Lipinski definition) is 0. The second kappa shape index (κ2) is 12.3. The maximum absolute atomic E-state index is 12.0. The summed E-state index contributed by atoms with van der Waals surface area (Å²) >= 11 is 0. The fraction of sp³-hybridized carbons (Fsp3) is 0.300. The number of carbonyl (C=O) groups is 3. The summed E-state index contributed by atoms with van der Waals surface area (Å²) in [5.74, 6) is -0.0835. The van der Waals surface area contributed by atoms with Crippen molar-refractivity contribution in [2.45, 2.75) is 31.6 Å². The van der Waals surface area contributed by atoms with Crippen LogP contribution in [0.5, 0.6) is 11.5 Å². The first kappa shape index (κ1) is 26.7. The van der Waals surface area contributed by atoms with Crippen molar-refractivity contribution in [3.63, 3.8) is 0 Å². The highest BCUT2D eigenvalue weighted by molar-refractivity contribution is 6.01. The predicted octanol–water partition coefficient (Wildman–Crippen LogP) is 4.71. The lowest BCUT2D eigenvalue weighted by Crippen LogP contribution is -2.32. The third-order valence-electron chi connectivity index (χ3n) is 6.40. The first-order chi connectivity index (χ1) is 18.4. The molecule has 8 nitrogen and oxygen atoms in total. The molecule has 38 heavy (non-hydrogen) atoms. The van der Waals surface area contributed by atoms with Gasteiger partial charge in [0.2, 0.25) is 0 Å². The summed E-state index contributed by atoms with van der Waals surface area (Å²) in [6, 6.07) is 24.5. The molecule has 198 valence electrons.